The summed E-state index contributed by atoms with van der Waals surface area (Å²) in [5.74, 6) is 0.513. The lowest BCUT2D eigenvalue weighted by Gasteiger charge is -2.11. The summed E-state index contributed by atoms with van der Waals surface area (Å²) in [5, 5.41) is 8.95. The molecular formula is C21H24O3. The Hall–Kier alpha value is -2.29. The van der Waals surface area contributed by atoms with Gasteiger partial charge in [-0.1, -0.05) is 36.4 Å². The van der Waals surface area contributed by atoms with Crippen molar-refractivity contribution >= 4 is 5.97 Å². The minimum atomic E-state index is -0.640. The lowest BCUT2D eigenvalue weighted by Crippen LogP contribution is -2.05. The molecule has 3 heteroatoms. The molecule has 1 aliphatic rings. The van der Waals surface area contributed by atoms with Gasteiger partial charge >= 0.3 is 5.97 Å². The lowest BCUT2D eigenvalue weighted by molar-refractivity contribution is -0.138. The van der Waals surface area contributed by atoms with E-state index in [-0.39, 0.29) is 12.0 Å². The third-order valence-electron chi connectivity index (χ3n) is 4.54. The minimum Gasteiger partial charge on any atom is -0.491 e. The van der Waals surface area contributed by atoms with E-state index in [2.05, 4.69) is 36.4 Å². The van der Waals surface area contributed by atoms with Gasteiger partial charge in [0.2, 0.25) is 0 Å². The molecule has 1 N–H and O–H groups in total. The van der Waals surface area contributed by atoms with E-state index in [9.17, 15) is 4.79 Å². The SMILES string of the molecule is CC(C)Oc1cccc(-c2ccc(CCC3CC3C(=O)O)cc2)c1. The van der Waals surface area contributed by atoms with Crippen LogP contribution >= 0.6 is 0 Å². The zero-order valence-electron chi connectivity index (χ0n) is 14.2. The minimum absolute atomic E-state index is 0.104. The normalized spacial score (nSPS) is 19.3. The highest BCUT2D eigenvalue weighted by Crippen LogP contribution is 2.42. The van der Waals surface area contributed by atoms with Crippen LogP contribution in [0.1, 0.15) is 32.3 Å². The van der Waals surface area contributed by atoms with E-state index in [4.69, 9.17) is 9.84 Å². The first kappa shape index (κ1) is 16.6. The van der Waals surface area contributed by atoms with Gasteiger partial charge in [-0.25, -0.2) is 0 Å². The Morgan fingerprint density at radius 2 is 1.92 bits per heavy atom. The van der Waals surface area contributed by atoms with E-state index < -0.39 is 5.97 Å². The Labute approximate surface area is 143 Å². The van der Waals surface area contributed by atoms with Crippen LogP contribution in [0.15, 0.2) is 48.5 Å². The van der Waals surface area contributed by atoms with Crippen LogP contribution in [0, 0.1) is 11.8 Å². The molecule has 2 aromatic rings. The van der Waals surface area contributed by atoms with Crippen LogP contribution in [-0.4, -0.2) is 17.2 Å². The molecule has 2 atom stereocenters. The number of aliphatic carboxylic acids is 1. The Morgan fingerprint density at radius 3 is 2.54 bits per heavy atom. The fourth-order valence-corrected chi connectivity index (χ4v) is 3.11. The molecule has 0 saturated heterocycles. The van der Waals surface area contributed by atoms with Crippen molar-refractivity contribution in [3.63, 3.8) is 0 Å². The summed E-state index contributed by atoms with van der Waals surface area (Å²) in [5.41, 5.74) is 3.58. The van der Waals surface area contributed by atoms with Crippen molar-refractivity contribution in [2.75, 3.05) is 0 Å². The van der Waals surface area contributed by atoms with E-state index in [0.29, 0.717) is 5.92 Å². The predicted molar refractivity (Wildman–Crippen MR) is 95.2 cm³/mol. The van der Waals surface area contributed by atoms with Crippen LogP contribution in [0.25, 0.3) is 11.1 Å². The second kappa shape index (κ2) is 7.08. The highest BCUT2D eigenvalue weighted by atomic mass is 16.5. The molecule has 0 heterocycles. The van der Waals surface area contributed by atoms with Gasteiger partial charge in [-0.3, -0.25) is 4.79 Å². The first-order chi connectivity index (χ1) is 11.5. The Morgan fingerprint density at radius 1 is 1.17 bits per heavy atom. The summed E-state index contributed by atoms with van der Waals surface area (Å²) in [6.07, 6.45) is 2.93. The molecule has 0 spiro atoms. The first-order valence-corrected chi connectivity index (χ1v) is 8.62. The van der Waals surface area contributed by atoms with Crippen molar-refractivity contribution in [2.45, 2.75) is 39.2 Å². The Balaban J connectivity index is 1.61. The number of hydrogen-bond acceptors (Lipinski definition) is 2. The highest BCUT2D eigenvalue weighted by Gasteiger charge is 2.42. The molecule has 126 valence electrons. The molecule has 2 unspecified atom stereocenters. The summed E-state index contributed by atoms with van der Waals surface area (Å²) in [7, 11) is 0. The Bertz CT molecular complexity index is 703. The largest absolute Gasteiger partial charge is 0.491 e. The van der Waals surface area contributed by atoms with Gasteiger partial charge in [0.05, 0.1) is 12.0 Å². The van der Waals surface area contributed by atoms with Gasteiger partial charge in [0.1, 0.15) is 5.75 Å². The standard InChI is InChI=1S/C21H24O3/c1-14(2)24-19-5-3-4-17(12-19)16-9-6-15(7-10-16)8-11-18-13-20(18)21(22)23/h3-7,9-10,12,14,18,20H,8,11,13H2,1-2H3,(H,22,23). The second-order valence-electron chi connectivity index (χ2n) is 6.87. The second-order valence-corrected chi connectivity index (χ2v) is 6.87. The van der Waals surface area contributed by atoms with E-state index in [1.807, 2.05) is 26.0 Å². The molecule has 1 aliphatic carbocycles. The number of hydrogen-bond donors (Lipinski definition) is 1. The van der Waals surface area contributed by atoms with Crippen molar-refractivity contribution < 1.29 is 14.6 Å². The number of carbonyl (C=O) groups is 1. The molecular weight excluding hydrogens is 300 g/mol. The molecule has 2 aromatic carbocycles. The van der Waals surface area contributed by atoms with Crippen LogP contribution < -0.4 is 4.74 Å². The maximum atomic E-state index is 10.9. The maximum absolute atomic E-state index is 10.9. The molecule has 0 aliphatic heterocycles. The number of rotatable bonds is 7. The van der Waals surface area contributed by atoms with Crippen molar-refractivity contribution in [1.29, 1.82) is 0 Å². The summed E-state index contributed by atoms with van der Waals surface area (Å²) in [6.45, 7) is 4.05. The van der Waals surface area contributed by atoms with E-state index in [1.54, 1.807) is 0 Å². The third kappa shape index (κ3) is 4.16. The van der Waals surface area contributed by atoms with Gasteiger partial charge < -0.3 is 9.84 Å². The monoisotopic (exact) mass is 324 g/mol. The Kier molecular flexibility index (Phi) is 4.89. The first-order valence-electron chi connectivity index (χ1n) is 8.62. The van der Waals surface area contributed by atoms with Crippen molar-refractivity contribution in [3.05, 3.63) is 54.1 Å². The van der Waals surface area contributed by atoms with Crippen LogP contribution in [0.3, 0.4) is 0 Å². The molecule has 1 fully saturated rings. The molecule has 0 radical (unpaired) electrons. The van der Waals surface area contributed by atoms with E-state index in [1.165, 1.54) is 11.1 Å². The van der Waals surface area contributed by atoms with Crippen molar-refractivity contribution in [3.8, 4) is 16.9 Å². The van der Waals surface area contributed by atoms with Gasteiger partial charge in [-0.05, 0) is 67.9 Å². The van der Waals surface area contributed by atoms with E-state index in [0.717, 1.165) is 30.6 Å². The number of benzene rings is 2. The van der Waals surface area contributed by atoms with Crippen LogP contribution in [0.2, 0.25) is 0 Å². The zero-order valence-corrected chi connectivity index (χ0v) is 14.2. The van der Waals surface area contributed by atoms with E-state index >= 15 is 0 Å². The van der Waals surface area contributed by atoms with Gasteiger partial charge in [0.25, 0.3) is 0 Å². The molecule has 0 aromatic heterocycles. The fourth-order valence-electron chi connectivity index (χ4n) is 3.11. The summed E-state index contributed by atoms with van der Waals surface area (Å²) >= 11 is 0. The van der Waals surface area contributed by atoms with Gasteiger partial charge in [-0.2, -0.15) is 0 Å². The van der Waals surface area contributed by atoms with Gasteiger partial charge in [-0.15, -0.1) is 0 Å². The predicted octanol–water partition coefficient (Wildman–Crippen LogP) is 4.79. The van der Waals surface area contributed by atoms with Crippen LogP contribution in [0.4, 0.5) is 0 Å². The summed E-state index contributed by atoms with van der Waals surface area (Å²) < 4.78 is 5.75. The maximum Gasteiger partial charge on any atom is 0.306 e. The molecule has 24 heavy (non-hydrogen) atoms. The molecule has 1 saturated carbocycles. The number of aryl methyl sites for hydroxylation is 1. The topological polar surface area (TPSA) is 46.5 Å². The summed E-state index contributed by atoms with van der Waals surface area (Å²) in [6, 6.07) is 16.7. The van der Waals surface area contributed by atoms with Crippen molar-refractivity contribution in [2.24, 2.45) is 11.8 Å². The van der Waals surface area contributed by atoms with Gasteiger partial charge in [0, 0.05) is 0 Å². The van der Waals surface area contributed by atoms with Crippen LogP contribution in [-0.2, 0) is 11.2 Å². The third-order valence-corrected chi connectivity index (χ3v) is 4.54. The number of carboxylic acids is 1. The van der Waals surface area contributed by atoms with Gasteiger partial charge in [0.15, 0.2) is 0 Å². The fraction of sp³-hybridized carbons (Fsp3) is 0.381. The number of ether oxygens (including phenoxy) is 1. The average molecular weight is 324 g/mol. The number of carboxylic acid groups (broad SMARTS) is 1. The smallest absolute Gasteiger partial charge is 0.306 e. The lowest BCUT2D eigenvalue weighted by atomic mass is 10.0. The highest BCUT2D eigenvalue weighted by molar-refractivity contribution is 5.73. The summed E-state index contributed by atoms with van der Waals surface area (Å²) in [4.78, 5) is 10.9. The molecule has 0 amide bonds. The zero-order chi connectivity index (χ0) is 17.1. The quantitative estimate of drug-likeness (QED) is 0.796. The average Bonchev–Trinajstić information content (AvgIpc) is 3.33. The molecule has 3 rings (SSSR count). The molecule has 0 bridgehead atoms. The molecule has 3 nitrogen and oxygen atoms in total. The van der Waals surface area contributed by atoms with Crippen LogP contribution in [0.5, 0.6) is 5.75 Å². The van der Waals surface area contributed by atoms with Crippen molar-refractivity contribution in [1.82, 2.24) is 0 Å².